The summed E-state index contributed by atoms with van der Waals surface area (Å²) in [5, 5.41) is 5.87. The summed E-state index contributed by atoms with van der Waals surface area (Å²) < 4.78 is 6.06. The van der Waals surface area contributed by atoms with Crippen LogP contribution in [0.3, 0.4) is 0 Å². The van der Waals surface area contributed by atoms with Crippen molar-refractivity contribution in [2.75, 3.05) is 32.7 Å². The molecule has 2 heterocycles. The minimum atomic E-state index is -0.108. The molecule has 0 radical (unpaired) electrons. The van der Waals surface area contributed by atoms with Gasteiger partial charge in [-0.3, -0.25) is 4.79 Å². The predicted molar refractivity (Wildman–Crippen MR) is 105 cm³/mol. The summed E-state index contributed by atoms with van der Waals surface area (Å²) in [4.78, 5) is 28.5. The molecule has 0 unspecified atom stereocenters. The Kier molecular flexibility index (Phi) is 4.48. The van der Waals surface area contributed by atoms with Crippen molar-refractivity contribution < 1.29 is 14.0 Å². The lowest BCUT2D eigenvalue weighted by atomic mass is 10.1. The summed E-state index contributed by atoms with van der Waals surface area (Å²) in [5.41, 5.74) is 1.63. The topological polar surface area (TPSA) is 65.8 Å². The molecule has 1 aliphatic heterocycles. The Morgan fingerprint density at radius 3 is 2.44 bits per heavy atom. The molecular formula is C21H23N3O3. The zero-order valence-electron chi connectivity index (χ0n) is 15.6. The summed E-state index contributed by atoms with van der Waals surface area (Å²) in [6.07, 6.45) is 0. The number of furan rings is 1. The number of hydrogen-bond donors (Lipinski definition) is 1. The third-order valence-corrected chi connectivity index (χ3v) is 5.20. The van der Waals surface area contributed by atoms with Crippen LogP contribution in [0.1, 0.15) is 23.0 Å². The van der Waals surface area contributed by atoms with Crippen molar-refractivity contribution in [3.63, 3.8) is 0 Å². The lowest BCUT2D eigenvalue weighted by Gasteiger charge is -2.34. The quantitative estimate of drug-likeness (QED) is 0.757. The first-order chi connectivity index (χ1) is 13.1. The number of piperazine rings is 1. The van der Waals surface area contributed by atoms with Gasteiger partial charge in [0.1, 0.15) is 5.58 Å². The molecule has 0 aliphatic carbocycles. The fourth-order valence-electron chi connectivity index (χ4n) is 3.67. The minimum absolute atomic E-state index is 0.0732. The number of nitrogens with one attached hydrogen (secondary N) is 1. The monoisotopic (exact) mass is 365 g/mol. The van der Waals surface area contributed by atoms with Crippen molar-refractivity contribution in [1.82, 2.24) is 15.1 Å². The summed E-state index contributed by atoms with van der Waals surface area (Å²) in [5.74, 6) is 0.288. The molecule has 0 spiro atoms. The summed E-state index contributed by atoms with van der Waals surface area (Å²) >= 11 is 0. The van der Waals surface area contributed by atoms with Crippen LogP contribution in [0.25, 0.3) is 21.7 Å². The van der Waals surface area contributed by atoms with Crippen molar-refractivity contribution in [2.45, 2.75) is 13.8 Å². The fraction of sp³-hybridized carbons (Fsp3) is 0.333. The van der Waals surface area contributed by atoms with Gasteiger partial charge in [-0.25, -0.2) is 4.79 Å². The van der Waals surface area contributed by atoms with Crippen LogP contribution in [0, 0.1) is 6.92 Å². The van der Waals surface area contributed by atoms with Crippen molar-refractivity contribution in [3.8, 4) is 0 Å². The standard InChI is InChI=1S/C21H23N3O3/c1-3-22-21(26)24-12-10-23(11-13-24)20(25)18-14(2)16-9-8-15-6-4-5-7-17(15)19(16)27-18/h4-9H,3,10-13H2,1-2H3,(H,22,26). The fourth-order valence-corrected chi connectivity index (χ4v) is 3.67. The molecule has 2 aromatic carbocycles. The second-order valence-corrected chi connectivity index (χ2v) is 6.83. The first-order valence-electron chi connectivity index (χ1n) is 9.33. The summed E-state index contributed by atoms with van der Waals surface area (Å²) in [7, 11) is 0. The Balaban J connectivity index is 1.59. The van der Waals surface area contributed by atoms with Crippen molar-refractivity contribution in [2.24, 2.45) is 0 Å². The minimum Gasteiger partial charge on any atom is -0.450 e. The summed E-state index contributed by atoms with van der Waals surface area (Å²) in [6, 6.07) is 12.0. The number of urea groups is 1. The van der Waals surface area contributed by atoms with Gasteiger partial charge in [-0.15, -0.1) is 0 Å². The zero-order chi connectivity index (χ0) is 19.0. The van der Waals surface area contributed by atoms with Crippen molar-refractivity contribution >= 4 is 33.7 Å². The van der Waals surface area contributed by atoms with Gasteiger partial charge in [0.05, 0.1) is 0 Å². The van der Waals surface area contributed by atoms with E-state index in [9.17, 15) is 9.59 Å². The first-order valence-corrected chi connectivity index (χ1v) is 9.33. The number of carbonyl (C=O) groups excluding carboxylic acids is 2. The van der Waals surface area contributed by atoms with Crippen molar-refractivity contribution in [1.29, 1.82) is 0 Å². The van der Waals surface area contributed by atoms with Gasteiger partial charge >= 0.3 is 6.03 Å². The van der Waals surface area contributed by atoms with E-state index in [1.165, 1.54) is 0 Å². The molecule has 1 N–H and O–H groups in total. The third kappa shape index (κ3) is 3.01. The molecule has 3 amide bonds. The highest BCUT2D eigenvalue weighted by Gasteiger charge is 2.28. The maximum atomic E-state index is 13.0. The van der Waals surface area contributed by atoms with E-state index >= 15 is 0 Å². The molecule has 3 aromatic rings. The van der Waals surface area contributed by atoms with Gasteiger partial charge in [0.25, 0.3) is 5.91 Å². The van der Waals surface area contributed by atoms with Gasteiger partial charge in [0.2, 0.25) is 0 Å². The van der Waals surface area contributed by atoms with Crippen LogP contribution < -0.4 is 5.32 Å². The molecule has 1 fully saturated rings. The molecule has 1 aromatic heterocycles. The average Bonchev–Trinajstić information content (AvgIpc) is 3.05. The number of amides is 3. The predicted octanol–water partition coefficient (Wildman–Crippen LogP) is 3.38. The molecule has 1 saturated heterocycles. The Labute approximate surface area is 157 Å². The number of hydrogen-bond acceptors (Lipinski definition) is 3. The van der Waals surface area contributed by atoms with Crippen LogP contribution in [0.2, 0.25) is 0 Å². The molecule has 1 aliphatic rings. The number of nitrogens with zero attached hydrogens (tertiary/aromatic N) is 2. The largest absolute Gasteiger partial charge is 0.450 e. The second kappa shape index (κ2) is 6.95. The molecule has 27 heavy (non-hydrogen) atoms. The van der Waals surface area contributed by atoms with Crippen molar-refractivity contribution in [3.05, 3.63) is 47.7 Å². The molecule has 6 heteroatoms. The average molecular weight is 365 g/mol. The molecular weight excluding hydrogens is 342 g/mol. The number of aryl methyl sites for hydroxylation is 1. The summed E-state index contributed by atoms with van der Waals surface area (Å²) in [6.45, 7) is 6.49. The van der Waals surface area contributed by atoms with E-state index in [2.05, 4.69) is 11.4 Å². The Morgan fingerprint density at radius 1 is 1.00 bits per heavy atom. The van der Waals surface area contributed by atoms with Gasteiger partial charge in [-0.2, -0.15) is 0 Å². The van der Waals surface area contributed by atoms with E-state index in [-0.39, 0.29) is 11.9 Å². The van der Waals surface area contributed by atoms with E-state index in [0.717, 1.165) is 27.3 Å². The Bertz CT molecular complexity index is 1020. The van der Waals surface area contributed by atoms with E-state index in [1.54, 1.807) is 9.80 Å². The van der Waals surface area contributed by atoms with E-state index in [4.69, 9.17) is 4.42 Å². The lowest BCUT2D eigenvalue weighted by Crippen LogP contribution is -2.53. The van der Waals surface area contributed by atoms with Crippen LogP contribution >= 0.6 is 0 Å². The van der Waals surface area contributed by atoms with Crippen LogP contribution in [0.15, 0.2) is 40.8 Å². The molecule has 0 bridgehead atoms. The first kappa shape index (κ1) is 17.4. The smallest absolute Gasteiger partial charge is 0.317 e. The van der Waals surface area contributed by atoms with Crippen LogP contribution in [0.5, 0.6) is 0 Å². The highest BCUT2D eigenvalue weighted by molar-refractivity contribution is 6.08. The second-order valence-electron chi connectivity index (χ2n) is 6.83. The number of carbonyl (C=O) groups is 2. The van der Waals surface area contributed by atoms with Gasteiger partial charge in [-0.1, -0.05) is 36.4 Å². The number of fused-ring (bicyclic) bond motifs is 3. The molecule has 0 atom stereocenters. The normalized spacial score (nSPS) is 14.7. The highest BCUT2D eigenvalue weighted by atomic mass is 16.3. The van der Waals surface area contributed by atoms with E-state index in [0.29, 0.717) is 38.5 Å². The van der Waals surface area contributed by atoms with Gasteiger partial charge in [-0.05, 0) is 19.2 Å². The molecule has 0 saturated carbocycles. The van der Waals surface area contributed by atoms with Crippen LogP contribution in [-0.4, -0.2) is 54.5 Å². The Hall–Kier alpha value is -3.02. The maximum absolute atomic E-state index is 13.0. The lowest BCUT2D eigenvalue weighted by molar-refractivity contribution is 0.0636. The van der Waals surface area contributed by atoms with E-state index in [1.807, 2.05) is 44.2 Å². The molecule has 6 nitrogen and oxygen atoms in total. The molecule has 4 rings (SSSR count). The SMILES string of the molecule is CCNC(=O)N1CCN(C(=O)c2oc3c(ccc4ccccc43)c2C)CC1. The highest BCUT2D eigenvalue weighted by Crippen LogP contribution is 2.32. The maximum Gasteiger partial charge on any atom is 0.317 e. The van der Waals surface area contributed by atoms with Gasteiger partial charge in [0, 0.05) is 49.1 Å². The zero-order valence-corrected chi connectivity index (χ0v) is 15.6. The number of rotatable bonds is 2. The van der Waals surface area contributed by atoms with Crippen LogP contribution in [0.4, 0.5) is 4.79 Å². The van der Waals surface area contributed by atoms with E-state index < -0.39 is 0 Å². The molecule has 140 valence electrons. The van der Waals surface area contributed by atoms with Crippen LogP contribution in [-0.2, 0) is 0 Å². The number of benzene rings is 2. The third-order valence-electron chi connectivity index (χ3n) is 5.20. The van der Waals surface area contributed by atoms with Gasteiger partial charge < -0.3 is 19.5 Å². The van der Waals surface area contributed by atoms with Gasteiger partial charge in [0.15, 0.2) is 5.76 Å². The Morgan fingerprint density at radius 2 is 1.70 bits per heavy atom.